The molecule has 18 heavy (non-hydrogen) atoms. The molecule has 4 nitrogen and oxygen atoms in total. The van der Waals surface area contributed by atoms with E-state index in [9.17, 15) is 4.79 Å². The highest BCUT2D eigenvalue weighted by Gasteiger charge is 2.38. The molecule has 1 unspecified atom stereocenters. The van der Waals surface area contributed by atoms with Crippen LogP contribution in [0.4, 0.5) is 5.69 Å². The van der Waals surface area contributed by atoms with Crippen molar-refractivity contribution in [2.24, 2.45) is 11.0 Å². The smallest absolute Gasteiger partial charge is 0.258 e. The highest BCUT2D eigenvalue weighted by molar-refractivity contribution is 6.16. The molecule has 2 aliphatic heterocycles. The Morgan fingerprint density at radius 3 is 2.94 bits per heavy atom. The molecule has 1 aromatic rings. The molecule has 0 spiro atoms. The third-order valence-electron chi connectivity index (χ3n) is 3.51. The van der Waals surface area contributed by atoms with Gasteiger partial charge in [-0.2, -0.15) is 10.1 Å². The van der Waals surface area contributed by atoms with Gasteiger partial charge in [0, 0.05) is 6.42 Å². The molecule has 4 heteroatoms. The number of carbonyl (C=O) groups excluding carboxylic acids is 1. The molecule has 1 atom stereocenters. The Hall–Kier alpha value is -1.68. The first-order valence-electron chi connectivity index (χ1n) is 6.23. The minimum Gasteiger partial charge on any atom is -0.380 e. The molecular formula is C14H16N2O2. The fraction of sp³-hybridized carbons (Fsp3) is 0.429. The van der Waals surface area contributed by atoms with E-state index in [1.807, 2.05) is 26.0 Å². The summed E-state index contributed by atoms with van der Waals surface area (Å²) in [7, 11) is 0. The average molecular weight is 244 g/mol. The molecule has 1 fully saturated rings. The average Bonchev–Trinajstić information content (AvgIpc) is 2.68. The molecule has 1 aromatic carbocycles. The minimum atomic E-state index is -0.167. The second-order valence-corrected chi connectivity index (χ2v) is 4.91. The summed E-state index contributed by atoms with van der Waals surface area (Å²) >= 11 is 0. The van der Waals surface area contributed by atoms with Crippen molar-refractivity contribution in [3.05, 3.63) is 29.3 Å². The number of fused-ring (bicyclic) bond motifs is 1. The number of rotatable bonds is 1. The molecule has 94 valence electrons. The Bertz CT molecular complexity index is 537. The van der Waals surface area contributed by atoms with Crippen LogP contribution in [0.15, 0.2) is 23.3 Å². The number of ether oxygens (including phenoxy) is 1. The quantitative estimate of drug-likeness (QED) is 0.758. The van der Waals surface area contributed by atoms with E-state index in [0.717, 1.165) is 23.4 Å². The van der Waals surface area contributed by atoms with Gasteiger partial charge in [-0.05, 0) is 25.5 Å². The first-order chi connectivity index (χ1) is 8.66. The van der Waals surface area contributed by atoms with Gasteiger partial charge in [0.15, 0.2) is 0 Å². The van der Waals surface area contributed by atoms with Crippen LogP contribution < -0.4 is 5.01 Å². The zero-order valence-electron chi connectivity index (χ0n) is 10.6. The molecule has 0 aromatic heterocycles. The molecule has 0 radical (unpaired) electrons. The second kappa shape index (κ2) is 4.21. The van der Waals surface area contributed by atoms with E-state index in [2.05, 4.69) is 11.2 Å². The summed E-state index contributed by atoms with van der Waals surface area (Å²) < 4.78 is 5.36. The fourth-order valence-electron chi connectivity index (χ4n) is 2.52. The number of benzene rings is 1. The van der Waals surface area contributed by atoms with Crippen LogP contribution >= 0.6 is 0 Å². The van der Waals surface area contributed by atoms with Crippen LogP contribution in [0.1, 0.15) is 17.5 Å². The summed E-state index contributed by atoms with van der Waals surface area (Å²) in [5, 5.41) is 6.02. The van der Waals surface area contributed by atoms with Crippen molar-refractivity contribution in [1.29, 1.82) is 0 Å². The van der Waals surface area contributed by atoms with Crippen LogP contribution in [0.5, 0.6) is 0 Å². The molecule has 3 rings (SSSR count). The van der Waals surface area contributed by atoms with Gasteiger partial charge in [-0.1, -0.05) is 17.7 Å². The van der Waals surface area contributed by atoms with Crippen LogP contribution in [0.2, 0.25) is 0 Å². The molecule has 0 bridgehead atoms. The van der Waals surface area contributed by atoms with E-state index >= 15 is 0 Å². The molecule has 0 saturated carbocycles. The van der Waals surface area contributed by atoms with Crippen molar-refractivity contribution >= 4 is 17.3 Å². The van der Waals surface area contributed by atoms with E-state index in [1.54, 1.807) is 5.01 Å². The van der Waals surface area contributed by atoms with Gasteiger partial charge in [0.1, 0.15) is 5.92 Å². The zero-order valence-corrected chi connectivity index (χ0v) is 10.6. The van der Waals surface area contributed by atoms with Gasteiger partial charge in [-0.3, -0.25) is 4.79 Å². The number of hydrazone groups is 1. The second-order valence-electron chi connectivity index (χ2n) is 4.91. The van der Waals surface area contributed by atoms with E-state index < -0.39 is 0 Å². The number of hydrogen-bond acceptors (Lipinski definition) is 3. The van der Waals surface area contributed by atoms with Gasteiger partial charge in [-0.15, -0.1) is 0 Å². The summed E-state index contributed by atoms with van der Waals surface area (Å²) in [5.41, 5.74) is 4.11. The summed E-state index contributed by atoms with van der Waals surface area (Å²) in [6.45, 7) is 5.19. The molecular weight excluding hydrogens is 228 g/mol. The number of carbonyl (C=O) groups is 1. The lowest BCUT2D eigenvalue weighted by molar-refractivity contribution is -0.121. The summed E-state index contributed by atoms with van der Waals surface area (Å²) in [4.78, 5) is 12.3. The maximum Gasteiger partial charge on any atom is 0.258 e. The van der Waals surface area contributed by atoms with E-state index in [-0.39, 0.29) is 11.8 Å². The molecule has 1 amide bonds. The molecule has 0 aliphatic carbocycles. The van der Waals surface area contributed by atoms with Gasteiger partial charge >= 0.3 is 0 Å². The minimum absolute atomic E-state index is 0.0386. The third-order valence-corrected chi connectivity index (χ3v) is 3.51. The zero-order chi connectivity index (χ0) is 12.7. The Labute approximate surface area is 106 Å². The topological polar surface area (TPSA) is 41.9 Å². The first kappa shape index (κ1) is 11.4. The predicted octanol–water partition coefficient (Wildman–Crippen LogP) is 2.04. The molecule has 2 heterocycles. The monoisotopic (exact) mass is 244 g/mol. The predicted molar refractivity (Wildman–Crippen MR) is 69.8 cm³/mol. The van der Waals surface area contributed by atoms with Gasteiger partial charge < -0.3 is 4.74 Å². The van der Waals surface area contributed by atoms with Crippen LogP contribution in [-0.4, -0.2) is 24.8 Å². The number of amides is 1. The Morgan fingerprint density at radius 1 is 1.39 bits per heavy atom. The van der Waals surface area contributed by atoms with Gasteiger partial charge in [0.25, 0.3) is 5.91 Å². The lowest BCUT2D eigenvalue weighted by atomic mass is 10.00. The Morgan fingerprint density at radius 2 is 2.22 bits per heavy atom. The summed E-state index contributed by atoms with van der Waals surface area (Å²) in [5.74, 6) is -0.129. The van der Waals surface area contributed by atoms with Crippen LogP contribution in [0.3, 0.4) is 0 Å². The Balaban J connectivity index is 1.97. The third kappa shape index (κ3) is 1.73. The van der Waals surface area contributed by atoms with E-state index in [0.29, 0.717) is 13.2 Å². The molecule has 1 saturated heterocycles. The number of hydrogen-bond donors (Lipinski definition) is 0. The summed E-state index contributed by atoms with van der Waals surface area (Å²) in [6.07, 6.45) is 0.762. The van der Waals surface area contributed by atoms with Crippen molar-refractivity contribution in [1.82, 2.24) is 0 Å². The van der Waals surface area contributed by atoms with E-state index in [1.165, 1.54) is 5.56 Å². The van der Waals surface area contributed by atoms with Gasteiger partial charge in [0.2, 0.25) is 0 Å². The first-order valence-corrected chi connectivity index (χ1v) is 6.23. The molecule has 2 aliphatic rings. The lowest BCUT2D eigenvalue weighted by Gasteiger charge is -2.18. The van der Waals surface area contributed by atoms with Crippen molar-refractivity contribution in [3.63, 3.8) is 0 Å². The van der Waals surface area contributed by atoms with Crippen molar-refractivity contribution < 1.29 is 9.53 Å². The SMILES string of the molecule is Cc1ccc(N2N=C3CCOCC3C2=O)c(C)c1. The Kier molecular flexibility index (Phi) is 2.67. The lowest BCUT2D eigenvalue weighted by Crippen LogP contribution is -2.34. The maximum absolute atomic E-state index is 12.3. The maximum atomic E-state index is 12.3. The van der Waals surface area contributed by atoms with Gasteiger partial charge in [-0.25, -0.2) is 0 Å². The van der Waals surface area contributed by atoms with Crippen LogP contribution in [0, 0.1) is 19.8 Å². The fourth-order valence-corrected chi connectivity index (χ4v) is 2.52. The largest absolute Gasteiger partial charge is 0.380 e. The van der Waals surface area contributed by atoms with Crippen LogP contribution in [-0.2, 0) is 9.53 Å². The standard InChI is InChI=1S/C14H16N2O2/c1-9-3-4-13(10(2)7-9)16-14(17)11-8-18-6-5-12(11)15-16/h3-4,7,11H,5-6,8H2,1-2H3. The van der Waals surface area contributed by atoms with E-state index in [4.69, 9.17) is 4.74 Å². The highest BCUT2D eigenvalue weighted by atomic mass is 16.5. The number of nitrogens with zero attached hydrogens (tertiary/aromatic N) is 2. The van der Waals surface area contributed by atoms with Gasteiger partial charge in [0.05, 0.1) is 24.6 Å². The number of anilines is 1. The van der Waals surface area contributed by atoms with Crippen molar-refractivity contribution in [3.8, 4) is 0 Å². The normalized spacial score (nSPS) is 23.0. The van der Waals surface area contributed by atoms with Crippen molar-refractivity contribution in [2.75, 3.05) is 18.2 Å². The molecule has 0 N–H and O–H groups in total. The highest BCUT2D eigenvalue weighted by Crippen LogP contribution is 2.29. The van der Waals surface area contributed by atoms with Crippen molar-refractivity contribution in [2.45, 2.75) is 20.3 Å². The number of aryl methyl sites for hydroxylation is 2. The van der Waals surface area contributed by atoms with Crippen LogP contribution in [0.25, 0.3) is 0 Å². The summed E-state index contributed by atoms with van der Waals surface area (Å²) in [6, 6.07) is 6.04.